The van der Waals surface area contributed by atoms with E-state index in [-0.39, 0.29) is 37.7 Å². The standard InChI is InChI=1S/C28H33N3O6/c1-19(2)14-31(28(33)29-22-6-5-7-23(13-22)34-4)17-27(32)30(16-24-10-8-20(3)37-24)15-21-9-11-25-26(12-21)36-18-35-25/h5-13,19H,14-18H2,1-4H3,(H,29,33). The van der Waals surface area contributed by atoms with Gasteiger partial charge in [-0.1, -0.05) is 26.0 Å². The second-order valence-electron chi connectivity index (χ2n) is 9.39. The maximum atomic E-state index is 13.6. The molecule has 9 nitrogen and oxygen atoms in total. The van der Waals surface area contributed by atoms with Gasteiger partial charge in [0.1, 0.15) is 23.8 Å². The molecule has 196 valence electrons. The van der Waals surface area contributed by atoms with Crippen LogP contribution in [-0.2, 0) is 17.9 Å². The van der Waals surface area contributed by atoms with Crippen LogP contribution < -0.4 is 19.5 Å². The van der Waals surface area contributed by atoms with Gasteiger partial charge in [0.2, 0.25) is 12.7 Å². The number of carbonyl (C=O) groups excluding carboxylic acids is 2. The number of hydrogen-bond acceptors (Lipinski definition) is 6. The van der Waals surface area contributed by atoms with Crippen LogP contribution in [0.1, 0.15) is 30.9 Å². The van der Waals surface area contributed by atoms with E-state index < -0.39 is 0 Å². The van der Waals surface area contributed by atoms with Gasteiger partial charge in [-0.05, 0) is 54.8 Å². The first-order valence-electron chi connectivity index (χ1n) is 12.2. The number of rotatable bonds is 10. The van der Waals surface area contributed by atoms with Gasteiger partial charge in [-0.3, -0.25) is 4.79 Å². The Balaban J connectivity index is 1.52. The fraction of sp³-hybridized carbons (Fsp3) is 0.357. The Morgan fingerprint density at radius 1 is 1.00 bits per heavy atom. The number of benzene rings is 2. The predicted octanol–water partition coefficient (Wildman–Crippen LogP) is 5.04. The molecule has 0 saturated carbocycles. The van der Waals surface area contributed by atoms with Crippen molar-refractivity contribution in [2.75, 3.05) is 32.3 Å². The van der Waals surface area contributed by atoms with E-state index in [1.165, 1.54) is 4.90 Å². The van der Waals surface area contributed by atoms with Crippen molar-refractivity contribution in [2.24, 2.45) is 5.92 Å². The van der Waals surface area contributed by atoms with Crippen molar-refractivity contribution in [2.45, 2.75) is 33.9 Å². The molecule has 2 heterocycles. The average molecular weight is 508 g/mol. The van der Waals surface area contributed by atoms with Gasteiger partial charge in [-0.15, -0.1) is 0 Å². The summed E-state index contributed by atoms with van der Waals surface area (Å²) in [6.07, 6.45) is 0. The summed E-state index contributed by atoms with van der Waals surface area (Å²) in [4.78, 5) is 30.1. The van der Waals surface area contributed by atoms with E-state index in [0.29, 0.717) is 41.8 Å². The van der Waals surface area contributed by atoms with Gasteiger partial charge < -0.3 is 33.7 Å². The van der Waals surface area contributed by atoms with Gasteiger partial charge in [0.05, 0.1) is 13.7 Å². The minimum Gasteiger partial charge on any atom is -0.497 e. The molecule has 9 heteroatoms. The number of fused-ring (bicyclic) bond motifs is 1. The number of aryl methyl sites for hydroxylation is 1. The van der Waals surface area contributed by atoms with Crippen molar-refractivity contribution in [1.29, 1.82) is 0 Å². The van der Waals surface area contributed by atoms with Crippen LogP contribution in [0.15, 0.2) is 59.0 Å². The number of nitrogens with one attached hydrogen (secondary N) is 1. The minimum atomic E-state index is -0.354. The molecule has 4 rings (SSSR count). The van der Waals surface area contributed by atoms with E-state index in [4.69, 9.17) is 18.6 Å². The number of hydrogen-bond donors (Lipinski definition) is 1. The third kappa shape index (κ3) is 6.97. The third-order valence-electron chi connectivity index (χ3n) is 5.83. The van der Waals surface area contributed by atoms with E-state index in [9.17, 15) is 9.59 Å². The highest BCUT2D eigenvalue weighted by Gasteiger charge is 2.24. The lowest BCUT2D eigenvalue weighted by atomic mass is 10.1. The monoisotopic (exact) mass is 507 g/mol. The summed E-state index contributed by atoms with van der Waals surface area (Å²) in [5.74, 6) is 3.37. The molecule has 1 aromatic heterocycles. The second kappa shape index (κ2) is 11.7. The molecule has 0 fully saturated rings. The van der Waals surface area contributed by atoms with Crippen molar-refractivity contribution < 1.29 is 28.2 Å². The van der Waals surface area contributed by atoms with Gasteiger partial charge in [0.25, 0.3) is 0 Å². The number of carbonyl (C=O) groups is 2. The molecular formula is C28H33N3O6. The lowest BCUT2D eigenvalue weighted by molar-refractivity contribution is -0.133. The highest BCUT2D eigenvalue weighted by molar-refractivity contribution is 5.92. The summed E-state index contributed by atoms with van der Waals surface area (Å²) in [7, 11) is 1.57. The molecule has 37 heavy (non-hydrogen) atoms. The summed E-state index contributed by atoms with van der Waals surface area (Å²) in [6, 6.07) is 16.1. The summed E-state index contributed by atoms with van der Waals surface area (Å²) in [5.41, 5.74) is 1.48. The minimum absolute atomic E-state index is 0.0851. The van der Waals surface area contributed by atoms with Gasteiger partial charge in [-0.2, -0.15) is 0 Å². The van der Waals surface area contributed by atoms with E-state index in [1.54, 1.807) is 36.3 Å². The van der Waals surface area contributed by atoms with Gasteiger partial charge in [0.15, 0.2) is 11.5 Å². The maximum absolute atomic E-state index is 13.6. The van der Waals surface area contributed by atoms with E-state index in [2.05, 4.69) is 5.32 Å². The first-order chi connectivity index (χ1) is 17.8. The van der Waals surface area contributed by atoms with Crippen LogP contribution in [-0.4, -0.2) is 48.7 Å². The Labute approximate surface area is 216 Å². The fourth-order valence-corrected chi connectivity index (χ4v) is 4.08. The lowest BCUT2D eigenvalue weighted by Gasteiger charge is -2.28. The average Bonchev–Trinajstić information content (AvgIpc) is 3.51. The summed E-state index contributed by atoms with van der Waals surface area (Å²) in [5, 5.41) is 2.88. The highest BCUT2D eigenvalue weighted by Crippen LogP contribution is 2.33. The van der Waals surface area contributed by atoms with Crippen molar-refractivity contribution in [3.05, 3.63) is 71.7 Å². The number of amides is 3. The number of furan rings is 1. The molecule has 0 unspecified atom stereocenters. The molecular weight excluding hydrogens is 474 g/mol. The van der Waals surface area contributed by atoms with Gasteiger partial charge in [-0.25, -0.2) is 4.79 Å². The van der Waals surface area contributed by atoms with Crippen LogP contribution in [0.3, 0.4) is 0 Å². The predicted molar refractivity (Wildman–Crippen MR) is 139 cm³/mol. The first kappa shape index (κ1) is 25.9. The van der Waals surface area contributed by atoms with Gasteiger partial charge >= 0.3 is 6.03 Å². The molecule has 0 saturated heterocycles. The van der Waals surface area contributed by atoms with Crippen molar-refractivity contribution in [3.8, 4) is 17.2 Å². The van der Waals surface area contributed by atoms with E-state index in [1.807, 2.05) is 51.1 Å². The number of anilines is 1. The number of methoxy groups -OCH3 is 1. The van der Waals surface area contributed by atoms with Crippen molar-refractivity contribution >= 4 is 17.6 Å². The van der Waals surface area contributed by atoms with Crippen molar-refractivity contribution in [3.63, 3.8) is 0 Å². The number of nitrogens with zero attached hydrogens (tertiary/aromatic N) is 2. The normalized spacial score (nSPS) is 11.9. The van der Waals surface area contributed by atoms with Crippen LogP contribution in [0, 0.1) is 12.8 Å². The molecule has 0 aliphatic carbocycles. The zero-order valence-corrected chi connectivity index (χ0v) is 21.7. The highest BCUT2D eigenvalue weighted by atomic mass is 16.7. The van der Waals surface area contributed by atoms with Crippen LogP contribution in [0.25, 0.3) is 0 Å². The van der Waals surface area contributed by atoms with Gasteiger partial charge in [0, 0.05) is 24.8 Å². The number of ether oxygens (including phenoxy) is 3. The first-order valence-corrected chi connectivity index (χ1v) is 12.2. The van der Waals surface area contributed by atoms with Crippen LogP contribution >= 0.6 is 0 Å². The molecule has 1 N–H and O–H groups in total. The molecule has 3 amide bonds. The quantitative estimate of drug-likeness (QED) is 0.413. The topological polar surface area (TPSA) is 93.5 Å². The molecule has 2 aromatic carbocycles. The Morgan fingerprint density at radius 2 is 1.81 bits per heavy atom. The Morgan fingerprint density at radius 3 is 2.54 bits per heavy atom. The largest absolute Gasteiger partial charge is 0.497 e. The van der Waals surface area contributed by atoms with Crippen LogP contribution in [0.5, 0.6) is 17.2 Å². The molecule has 0 atom stereocenters. The molecule has 3 aromatic rings. The SMILES string of the molecule is COc1cccc(NC(=O)N(CC(=O)N(Cc2ccc3c(c2)OCO3)Cc2ccc(C)o2)CC(C)C)c1. The Hall–Kier alpha value is -4.14. The third-order valence-corrected chi connectivity index (χ3v) is 5.83. The lowest BCUT2D eigenvalue weighted by Crippen LogP contribution is -2.45. The van der Waals surface area contributed by atoms with E-state index in [0.717, 1.165) is 11.3 Å². The van der Waals surface area contributed by atoms with E-state index >= 15 is 0 Å². The Bertz CT molecular complexity index is 1240. The second-order valence-corrected chi connectivity index (χ2v) is 9.39. The number of urea groups is 1. The summed E-state index contributed by atoms with van der Waals surface area (Å²) >= 11 is 0. The van der Waals surface area contributed by atoms with Crippen LogP contribution in [0.2, 0.25) is 0 Å². The molecule has 0 bridgehead atoms. The maximum Gasteiger partial charge on any atom is 0.322 e. The summed E-state index contributed by atoms with van der Waals surface area (Å²) < 4.78 is 21.9. The molecule has 0 radical (unpaired) electrons. The molecule has 0 spiro atoms. The fourth-order valence-electron chi connectivity index (χ4n) is 4.08. The zero-order valence-electron chi connectivity index (χ0n) is 21.7. The van der Waals surface area contributed by atoms with Crippen molar-refractivity contribution in [1.82, 2.24) is 9.80 Å². The summed E-state index contributed by atoms with van der Waals surface area (Å²) in [6.45, 7) is 6.98. The molecule has 1 aliphatic rings. The smallest absolute Gasteiger partial charge is 0.322 e. The Kier molecular flexibility index (Phi) is 8.22. The zero-order chi connectivity index (χ0) is 26.4. The van der Waals surface area contributed by atoms with Crippen LogP contribution in [0.4, 0.5) is 10.5 Å². The molecule has 1 aliphatic heterocycles.